The summed E-state index contributed by atoms with van der Waals surface area (Å²) in [6.45, 7) is 7.99. The lowest BCUT2D eigenvalue weighted by atomic mass is 9.88. The smallest absolute Gasteiger partial charge is 0.120 e. The normalized spacial score (nSPS) is 40.6. The Balaban J connectivity index is 1.79. The molecule has 0 bridgehead atoms. The van der Waals surface area contributed by atoms with Gasteiger partial charge in [-0.25, -0.2) is 4.39 Å². The van der Waals surface area contributed by atoms with Gasteiger partial charge in [-0.3, -0.25) is 4.90 Å². The lowest BCUT2D eigenvalue weighted by Gasteiger charge is -2.35. The Hall–Kier alpha value is -0.150. The molecule has 98 valence electrons. The lowest BCUT2D eigenvalue weighted by Crippen LogP contribution is -2.42. The fourth-order valence-electron chi connectivity index (χ4n) is 3.98. The Labute approximate surface area is 104 Å². The van der Waals surface area contributed by atoms with Gasteiger partial charge in [0.15, 0.2) is 0 Å². The van der Waals surface area contributed by atoms with E-state index in [1.165, 1.54) is 12.8 Å². The fourth-order valence-corrected chi connectivity index (χ4v) is 3.98. The molecule has 1 aliphatic carbocycles. The summed E-state index contributed by atoms with van der Waals surface area (Å²) in [5.41, 5.74) is -0.288. The maximum Gasteiger partial charge on any atom is 0.120 e. The van der Waals surface area contributed by atoms with Gasteiger partial charge < -0.3 is 4.74 Å². The highest BCUT2D eigenvalue weighted by molar-refractivity contribution is 5.13. The van der Waals surface area contributed by atoms with Crippen LogP contribution in [0, 0.1) is 5.92 Å². The highest BCUT2D eigenvalue weighted by Gasteiger charge is 2.62. The zero-order valence-electron chi connectivity index (χ0n) is 11.2. The topological polar surface area (TPSA) is 12.5 Å². The molecule has 1 saturated carbocycles. The van der Waals surface area contributed by atoms with E-state index in [1.54, 1.807) is 0 Å². The maximum atomic E-state index is 14.3. The Morgan fingerprint density at radius 1 is 1.29 bits per heavy atom. The number of alkyl halides is 1. The molecule has 3 unspecified atom stereocenters. The summed E-state index contributed by atoms with van der Waals surface area (Å²) in [5, 5.41) is 0. The number of hydrogen-bond donors (Lipinski definition) is 0. The van der Waals surface area contributed by atoms with E-state index in [0.29, 0.717) is 12.6 Å². The molecule has 0 aromatic heterocycles. The van der Waals surface area contributed by atoms with Crippen LogP contribution in [-0.2, 0) is 4.74 Å². The van der Waals surface area contributed by atoms with E-state index in [4.69, 9.17) is 4.74 Å². The number of ether oxygens (including phenoxy) is 1. The molecule has 2 saturated heterocycles. The zero-order valence-corrected chi connectivity index (χ0v) is 11.2. The van der Waals surface area contributed by atoms with Crippen LogP contribution in [0.15, 0.2) is 0 Å². The first-order chi connectivity index (χ1) is 7.91. The van der Waals surface area contributed by atoms with Crippen molar-refractivity contribution in [2.45, 2.75) is 69.9 Å². The Bertz CT molecular complexity index is 308. The summed E-state index contributed by atoms with van der Waals surface area (Å²) >= 11 is 0. The van der Waals surface area contributed by atoms with E-state index in [1.807, 2.05) is 0 Å². The average Bonchev–Trinajstić information content (AvgIpc) is 2.66. The van der Waals surface area contributed by atoms with E-state index in [9.17, 15) is 4.39 Å². The van der Waals surface area contributed by atoms with Gasteiger partial charge in [0.05, 0.1) is 11.2 Å². The summed E-state index contributed by atoms with van der Waals surface area (Å²) < 4.78 is 20.5. The second kappa shape index (κ2) is 3.67. The predicted octanol–water partition coefficient (Wildman–Crippen LogP) is 2.77. The molecule has 2 heterocycles. The van der Waals surface area contributed by atoms with Crippen LogP contribution in [0.5, 0.6) is 0 Å². The summed E-state index contributed by atoms with van der Waals surface area (Å²) in [6.07, 6.45) is 3.84. The van der Waals surface area contributed by atoms with Gasteiger partial charge in [-0.2, -0.15) is 0 Å². The van der Waals surface area contributed by atoms with Crippen molar-refractivity contribution in [2.75, 3.05) is 13.1 Å². The largest absolute Gasteiger partial charge is 0.369 e. The van der Waals surface area contributed by atoms with Gasteiger partial charge in [-0.1, -0.05) is 0 Å². The number of hydrogen-bond acceptors (Lipinski definition) is 2. The number of halogens is 1. The third-order valence-corrected chi connectivity index (χ3v) is 4.49. The number of fused-ring (bicyclic) bond motifs is 1. The molecular formula is C14H24FNO. The molecule has 3 atom stereocenters. The van der Waals surface area contributed by atoms with E-state index < -0.39 is 6.17 Å². The maximum absolute atomic E-state index is 14.3. The standard InChI is InChI=1S/C14H24FNO/c1-13(2,3)17-14(6-7-14)12-10(15)9-16-8-4-5-11(12)16/h10-12H,4-9H2,1-3H3. The molecular weight excluding hydrogens is 217 g/mol. The van der Waals surface area contributed by atoms with Crippen LogP contribution >= 0.6 is 0 Å². The van der Waals surface area contributed by atoms with Crippen molar-refractivity contribution >= 4 is 0 Å². The van der Waals surface area contributed by atoms with Gasteiger partial charge in [-0.15, -0.1) is 0 Å². The highest BCUT2D eigenvalue weighted by Crippen LogP contribution is 2.55. The quantitative estimate of drug-likeness (QED) is 0.737. The molecule has 3 aliphatic rings. The molecule has 3 heteroatoms. The molecule has 0 N–H and O–H groups in total. The van der Waals surface area contributed by atoms with Crippen LogP contribution in [0.25, 0.3) is 0 Å². The zero-order chi connectivity index (χ0) is 12.3. The summed E-state index contributed by atoms with van der Waals surface area (Å²) in [5.74, 6) is 0.129. The van der Waals surface area contributed by atoms with E-state index >= 15 is 0 Å². The van der Waals surface area contributed by atoms with Gasteiger partial charge in [0.1, 0.15) is 6.17 Å². The van der Waals surface area contributed by atoms with Crippen LogP contribution in [0.4, 0.5) is 4.39 Å². The SMILES string of the molecule is CC(C)(C)OC1(C2C(F)CN3CCCC23)CC1. The van der Waals surface area contributed by atoms with Crippen molar-refractivity contribution in [1.82, 2.24) is 4.90 Å². The summed E-state index contributed by atoms with van der Waals surface area (Å²) in [6, 6.07) is 0.454. The van der Waals surface area contributed by atoms with Gasteiger partial charge in [0.2, 0.25) is 0 Å². The summed E-state index contributed by atoms with van der Waals surface area (Å²) in [4.78, 5) is 2.35. The molecule has 17 heavy (non-hydrogen) atoms. The molecule has 0 aromatic rings. The Morgan fingerprint density at radius 3 is 2.59 bits per heavy atom. The lowest BCUT2D eigenvalue weighted by molar-refractivity contribution is -0.115. The molecule has 0 spiro atoms. The van der Waals surface area contributed by atoms with Crippen LogP contribution in [0.1, 0.15) is 46.5 Å². The average molecular weight is 241 g/mol. The molecule has 0 radical (unpaired) electrons. The minimum Gasteiger partial charge on any atom is -0.369 e. The van der Waals surface area contributed by atoms with Crippen LogP contribution in [0.2, 0.25) is 0 Å². The molecule has 2 nitrogen and oxygen atoms in total. The second-order valence-electron chi connectivity index (χ2n) is 7.03. The second-order valence-corrected chi connectivity index (χ2v) is 7.03. The van der Waals surface area contributed by atoms with Crippen molar-refractivity contribution in [1.29, 1.82) is 0 Å². The first-order valence-electron chi connectivity index (χ1n) is 7.00. The van der Waals surface area contributed by atoms with Crippen molar-refractivity contribution in [3.05, 3.63) is 0 Å². The van der Waals surface area contributed by atoms with E-state index in [-0.39, 0.29) is 17.1 Å². The number of rotatable bonds is 2. The molecule has 3 fully saturated rings. The minimum atomic E-state index is -0.676. The Kier molecular flexibility index (Phi) is 2.57. The van der Waals surface area contributed by atoms with Gasteiger partial charge >= 0.3 is 0 Å². The van der Waals surface area contributed by atoms with E-state index in [0.717, 1.165) is 19.4 Å². The first-order valence-corrected chi connectivity index (χ1v) is 7.00. The van der Waals surface area contributed by atoms with Crippen LogP contribution in [0.3, 0.4) is 0 Å². The highest BCUT2D eigenvalue weighted by atomic mass is 19.1. The van der Waals surface area contributed by atoms with Gasteiger partial charge in [-0.05, 0) is 53.0 Å². The van der Waals surface area contributed by atoms with Gasteiger partial charge in [0.25, 0.3) is 0 Å². The molecule has 2 aliphatic heterocycles. The van der Waals surface area contributed by atoms with Crippen molar-refractivity contribution in [3.63, 3.8) is 0 Å². The minimum absolute atomic E-state index is 0.129. The fraction of sp³-hybridized carbons (Fsp3) is 1.00. The monoisotopic (exact) mass is 241 g/mol. The van der Waals surface area contributed by atoms with Crippen LogP contribution < -0.4 is 0 Å². The number of nitrogens with zero attached hydrogens (tertiary/aromatic N) is 1. The van der Waals surface area contributed by atoms with Crippen molar-refractivity contribution < 1.29 is 9.13 Å². The van der Waals surface area contributed by atoms with Crippen molar-refractivity contribution in [3.8, 4) is 0 Å². The van der Waals surface area contributed by atoms with Crippen LogP contribution in [-0.4, -0.2) is 41.4 Å². The van der Waals surface area contributed by atoms with Gasteiger partial charge in [0, 0.05) is 18.5 Å². The van der Waals surface area contributed by atoms with Crippen molar-refractivity contribution in [2.24, 2.45) is 5.92 Å². The summed E-state index contributed by atoms with van der Waals surface area (Å²) in [7, 11) is 0. The van der Waals surface area contributed by atoms with E-state index in [2.05, 4.69) is 25.7 Å². The third-order valence-electron chi connectivity index (χ3n) is 4.49. The first kappa shape index (κ1) is 11.9. The predicted molar refractivity (Wildman–Crippen MR) is 65.8 cm³/mol. The third kappa shape index (κ3) is 2.01. The Morgan fingerprint density at radius 2 is 2.00 bits per heavy atom. The molecule has 0 amide bonds. The molecule has 0 aromatic carbocycles. The molecule has 3 rings (SSSR count).